The number of carboxylic acid groups (broad SMARTS) is 1. The van der Waals surface area contributed by atoms with Crippen LogP contribution in [-0.4, -0.2) is 21.0 Å². The topological polar surface area (TPSA) is 92.3 Å². The number of aliphatic carboxylic acids is 1. The second-order valence-corrected chi connectivity index (χ2v) is 4.97. The molecule has 0 atom stereocenters. The molecule has 0 bridgehead atoms. The number of para-hydroxylation sites is 1. The molecule has 0 saturated carbocycles. The molecular weight excluding hydrogens is 296 g/mol. The molecule has 0 unspecified atom stereocenters. The highest BCUT2D eigenvalue weighted by Gasteiger charge is 2.07. The highest BCUT2D eigenvalue weighted by molar-refractivity contribution is 5.67. The van der Waals surface area contributed by atoms with Crippen LogP contribution < -0.4 is 10.3 Å². The van der Waals surface area contributed by atoms with Crippen molar-refractivity contribution in [3.8, 4) is 5.75 Å². The number of rotatable bonds is 8. The van der Waals surface area contributed by atoms with Gasteiger partial charge in [-0.05, 0) is 24.5 Å². The lowest BCUT2D eigenvalue weighted by molar-refractivity contribution is -0.136. The number of aromatic amines is 1. The summed E-state index contributed by atoms with van der Waals surface area (Å²) >= 11 is 0. The van der Waals surface area contributed by atoms with Crippen LogP contribution in [0, 0.1) is 0 Å². The monoisotopic (exact) mass is 314 g/mol. The van der Waals surface area contributed by atoms with E-state index in [1.165, 1.54) is 6.20 Å². The molecule has 2 rings (SSSR count). The number of carbonyl (C=O) groups is 1. The number of H-pyrrole nitrogens is 1. The van der Waals surface area contributed by atoms with E-state index in [9.17, 15) is 9.59 Å². The Morgan fingerprint density at radius 1 is 1.35 bits per heavy atom. The fourth-order valence-corrected chi connectivity index (χ4v) is 2.07. The molecule has 0 aliphatic heterocycles. The molecule has 2 aromatic rings. The molecule has 120 valence electrons. The van der Waals surface area contributed by atoms with Crippen molar-refractivity contribution >= 4 is 5.97 Å². The molecule has 6 heteroatoms. The zero-order valence-corrected chi connectivity index (χ0v) is 12.6. The van der Waals surface area contributed by atoms with Crippen molar-refractivity contribution in [2.45, 2.75) is 25.9 Å². The largest absolute Gasteiger partial charge is 0.485 e. The minimum atomic E-state index is -0.948. The van der Waals surface area contributed by atoms with Crippen molar-refractivity contribution in [2.24, 2.45) is 0 Å². The maximum absolute atomic E-state index is 11.9. The van der Waals surface area contributed by atoms with Crippen LogP contribution in [0.1, 0.15) is 23.4 Å². The van der Waals surface area contributed by atoms with E-state index in [2.05, 4.69) is 16.5 Å². The number of nitrogens with one attached hydrogen (secondary N) is 1. The summed E-state index contributed by atoms with van der Waals surface area (Å²) in [5.41, 5.74) is 1.02. The maximum Gasteiger partial charge on any atom is 0.303 e. The van der Waals surface area contributed by atoms with E-state index in [-0.39, 0.29) is 25.0 Å². The second kappa shape index (κ2) is 7.93. The Bertz CT molecular complexity index is 752. The normalized spacial score (nSPS) is 10.3. The summed E-state index contributed by atoms with van der Waals surface area (Å²) in [6.07, 6.45) is 3.93. The molecule has 0 amide bonds. The van der Waals surface area contributed by atoms with Gasteiger partial charge in [-0.1, -0.05) is 24.3 Å². The number of aryl methyl sites for hydroxylation is 1. The van der Waals surface area contributed by atoms with Crippen LogP contribution in [0.4, 0.5) is 0 Å². The summed E-state index contributed by atoms with van der Waals surface area (Å²) in [6, 6.07) is 7.58. The minimum Gasteiger partial charge on any atom is -0.485 e. The first kappa shape index (κ1) is 16.5. The van der Waals surface area contributed by atoms with Crippen molar-refractivity contribution in [1.29, 1.82) is 0 Å². The quantitative estimate of drug-likeness (QED) is 0.728. The third-order valence-corrected chi connectivity index (χ3v) is 3.24. The number of hydrogen-bond acceptors (Lipinski definition) is 4. The van der Waals surface area contributed by atoms with Gasteiger partial charge in [0.1, 0.15) is 18.2 Å². The number of ether oxygens (including phenoxy) is 1. The Kier molecular flexibility index (Phi) is 5.68. The minimum absolute atomic E-state index is 0.102. The van der Waals surface area contributed by atoms with Gasteiger partial charge in [0, 0.05) is 18.2 Å². The summed E-state index contributed by atoms with van der Waals surface area (Å²) in [6.45, 7) is 3.84. The molecule has 6 nitrogen and oxygen atoms in total. The van der Waals surface area contributed by atoms with Crippen molar-refractivity contribution in [2.75, 3.05) is 0 Å². The Morgan fingerprint density at radius 3 is 2.83 bits per heavy atom. The fraction of sp³-hybridized carbons (Fsp3) is 0.235. The number of allylic oxidation sites excluding steroid dienone is 1. The zero-order valence-electron chi connectivity index (χ0n) is 12.6. The number of hydrogen-bond donors (Lipinski definition) is 2. The first-order valence-electron chi connectivity index (χ1n) is 7.20. The summed E-state index contributed by atoms with van der Waals surface area (Å²) in [7, 11) is 0. The molecule has 2 N–H and O–H groups in total. The summed E-state index contributed by atoms with van der Waals surface area (Å²) < 4.78 is 5.69. The van der Waals surface area contributed by atoms with E-state index in [1.54, 1.807) is 6.08 Å². The van der Waals surface area contributed by atoms with Gasteiger partial charge in [-0.15, -0.1) is 6.58 Å². The Labute approximate surface area is 133 Å². The van der Waals surface area contributed by atoms with Crippen LogP contribution >= 0.6 is 0 Å². The first-order chi connectivity index (χ1) is 11.1. The summed E-state index contributed by atoms with van der Waals surface area (Å²) in [5, 5.41) is 8.64. The van der Waals surface area contributed by atoms with Gasteiger partial charge in [0.2, 0.25) is 0 Å². The predicted molar refractivity (Wildman–Crippen MR) is 85.5 cm³/mol. The van der Waals surface area contributed by atoms with Crippen molar-refractivity contribution < 1.29 is 14.6 Å². The molecule has 1 heterocycles. The van der Waals surface area contributed by atoms with E-state index in [0.29, 0.717) is 23.6 Å². The molecule has 23 heavy (non-hydrogen) atoms. The van der Waals surface area contributed by atoms with Crippen LogP contribution in [-0.2, 0) is 24.2 Å². The Hall–Kier alpha value is -2.89. The third kappa shape index (κ3) is 4.81. The average molecular weight is 314 g/mol. The van der Waals surface area contributed by atoms with Gasteiger partial charge in [0.25, 0.3) is 5.56 Å². The zero-order chi connectivity index (χ0) is 16.7. The van der Waals surface area contributed by atoms with Crippen LogP contribution in [0.25, 0.3) is 0 Å². The van der Waals surface area contributed by atoms with Gasteiger partial charge >= 0.3 is 5.97 Å². The highest BCUT2D eigenvalue weighted by Crippen LogP contribution is 2.19. The van der Waals surface area contributed by atoms with E-state index in [0.717, 1.165) is 5.56 Å². The second-order valence-electron chi connectivity index (χ2n) is 4.97. The Morgan fingerprint density at radius 2 is 2.13 bits per heavy atom. The smallest absolute Gasteiger partial charge is 0.303 e. The van der Waals surface area contributed by atoms with Gasteiger partial charge in [0.05, 0.1) is 0 Å². The van der Waals surface area contributed by atoms with Crippen molar-refractivity contribution in [1.82, 2.24) is 9.97 Å². The number of benzene rings is 1. The molecule has 0 fully saturated rings. The highest BCUT2D eigenvalue weighted by atomic mass is 16.5. The number of aromatic nitrogens is 2. The van der Waals surface area contributed by atoms with Crippen LogP contribution in [0.2, 0.25) is 0 Å². The van der Waals surface area contributed by atoms with Crippen molar-refractivity contribution in [3.05, 3.63) is 70.4 Å². The molecular formula is C17H18N2O4. The summed E-state index contributed by atoms with van der Waals surface area (Å²) in [5.74, 6) is 0.156. The number of carboxylic acids is 1. The third-order valence-electron chi connectivity index (χ3n) is 3.24. The van der Waals surface area contributed by atoms with Crippen LogP contribution in [0.3, 0.4) is 0 Å². The molecule has 0 radical (unpaired) electrons. The molecule has 0 spiro atoms. The standard InChI is InChI=1S/C17H18N2O4/c1-2-5-12-6-3-4-7-14(12)23-11-15-18-10-13(17(22)19-15)8-9-16(20)21/h2-4,6-7,10H,1,5,8-9,11H2,(H,20,21)(H,18,19,22). The molecule has 0 saturated heterocycles. The number of nitrogens with zero attached hydrogens (tertiary/aromatic N) is 1. The van der Waals surface area contributed by atoms with Gasteiger partial charge in [-0.2, -0.15) is 0 Å². The Balaban J connectivity index is 2.04. The van der Waals surface area contributed by atoms with Crippen LogP contribution in [0.15, 0.2) is 47.9 Å². The average Bonchev–Trinajstić information content (AvgIpc) is 2.53. The molecule has 0 aliphatic carbocycles. The van der Waals surface area contributed by atoms with Crippen LogP contribution in [0.5, 0.6) is 5.75 Å². The molecule has 1 aromatic carbocycles. The lowest BCUT2D eigenvalue weighted by Crippen LogP contribution is -2.18. The SMILES string of the molecule is C=CCc1ccccc1OCc1ncc(CCC(=O)O)c(=O)[nH]1. The lowest BCUT2D eigenvalue weighted by Gasteiger charge is -2.10. The fourth-order valence-electron chi connectivity index (χ4n) is 2.07. The summed E-state index contributed by atoms with van der Waals surface area (Å²) in [4.78, 5) is 29.1. The van der Waals surface area contributed by atoms with Gasteiger partial charge in [-0.25, -0.2) is 4.98 Å². The van der Waals surface area contributed by atoms with E-state index < -0.39 is 5.97 Å². The maximum atomic E-state index is 11.9. The predicted octanol–water partition coefficient (Wildman–Crippen LogP) is 2.09. The molecule has 0 aliphatic rings. The lowest BCUT2D eigenvalue weighted by atomic mass is 10.1. The van der Waals surface area contributed by atoms with E-state index in [4.69, 9.17) is 9.84 Å². The van der Waals surface area contributed by atoms with Gasteiger partial charge < -0.3 is 14.8 Å². The van der Waals surface area contributed by atoms with Gasteiger partial charge in [-0.3, -0.25) is 9.59 Å². The molecule has 1 aromatic heterocycles. The van der Waals surface area contributed by atoms with Gasteiger partial charge in [0.15, 0.2) is 0 Å². The van der Waals surface area contributed by atoms with E-state index in [1.807, 2.05) is 24.3 Å². The van der Waals surface area contributed by atoms with E-state index >= 15 is 0 Å². The first-order valence-corrected chi connectivity index (χ1v) is 7.20. The van der Waals surface area contributed by atoms with Crippen molar-refractivity contribution in [3.63, 3.8) is 0 Å².